The van der Waals surface area contributed by atoms with Gasteiger partial charge in [-0.2, -0.15) is 0 Å². The van der Waals surface area contributed by atoms with Gasteiger partial charge in [-0.25, -0.2) is 0 Å². The van der Waals surface area contributed by atoms with Crippen molar-refractivity contribution >= 4 is 11.4 Å². The van der Waals surface area contributed by atoms with Gasteiger partial charge < -0.3 is 25.4 Å². The summed E-state index contributed by atoms with van der Waals surface area (Å²) in [5.74, 6) is 0. The van der Waals surface area contributed by atoms with Crippen molar-refractivity contribution in [1.29, 1.82) is 0 Å². The number of hydrogen-bond donors (Lipinski definition) is 4. The molecule has 1 aromatic carbocycles. The van der Waals surface area contributed by atoms with Crippen LogP contribution in [0.1, 0.15) is 6.92 Å². The van der Waals surface area contributed by atoms with Crippen LogP contribution < -0.4 is 5.32 Å². The summed E-state index contributed by atoms with van der Waals surface area (Å²) in [6.07, 6.45) is -5.36. The lowest BCUT2D eigenvalue weighted by Gasteiger charge is -2.39. The zero-order valence-corrected chi connectivity index (χ0v) is 10.7. The number of aliphatic hydroxyl groups excluding tert-OH is 3. The van der Waals surface area contributed by atoms with Crippen molar-refractivity contribution in [2.24, 2.45) is 0 Å². The lowest BCUT2D eigenvalue weighted by molar-refractivity contribution is -0.384. The summed E-state index contributed by atoms with van der Waals surface area (Å²) in [7, 11) is 0. The van der Waals surface area contributed by atoms with Crippen LogP contribution in [0.5, 0.6) is 0 Å². The third-order valence-electron chi connectivity index (χ3n) is 3.24. The monoisotopic (exact) mass is 284 g/mol. The number of anilines is 1. The molecule has 8 nitrogen and oxygen atoms in total. The Bertz CT molecular complexity index is 479. The minimum atomic E-state index is -1.32. The molecular formula is C12H16N2O6. The van der Waals surface area contributed by atoms with Gasteiger partial charge in [-0.05, 0) is 19.1 Å². The summed E-state index contributed by atoms with van der Waals surface area (Å²) in [6, 6.07) is 5.56. The Morgan fingerprint density at radius 2 is 1.75 bits per heavy atom. The topological polar surface area (TPSA) is 125 Å². The number of nitrogens with one attached hydrogen (secondary N) is 1. The molecule has 8 heteroatoms. The fraction of sp³-hybridized carbons (Fsp3) is 0.500. The maximum Gasteiger partial charge on any atom is 0.269 e. The van der Waals surface area contributed by atoms with E-state index in [1.165, 1.54) is 24.3 Å². The van der Waals surface area contributed by atoms with E-state index in [-0.39, 0.29) is 5.69 Å². The number of nitro groups is 1. The average Bonchev–Trinajstić information content (AvgIpc) is 2.43. The quantitative estimate of drug-likeness (QED) is 0.448. The highest BCUT2D eigenvalue weighted by Gasteiger charge is 2.41. The van der Waals surface area contributed by atoms with Crippen molar-refractivity contribution in [3.8, 4) is 0 Å². The molecule has 20 heavy (non-hydrogen) atoms. The zero-order valence-electron chi connectivity index (χ0n) is 10.7. The van der Waals surface area contributed by atoms with Crippen LogP contribution in [-0.4, -0.2) is 50.9 Å². The highest BCUT2D eigenvalue weighted by molar-refractivity contribution is 5.49. The molecule has 110 valence electrons. The van der Waals surface area contributed by atoms with Gasteiger partial charge in [0.25, 0.3) is 5.69 Å². The van der Waals surface area contributed by atoms with Gasteiger partial charge >= 0.3 is 0 Å². The van der Waals surface area contributed by atoms with Crippen molar-refractivity contribution in [2.75, 3.05) is 5.32 Å². The SMILES string of the molecule is CC1OC(Nc2ccc([N+](=O)[O-])cc2)C(O)C(O)C1O. The largest absolute Gasteiger partial charge is 0.388 e. The Morgan fingerprint density at radius 3 is 2.30 bits per heavy atom. The number of nitrogens with zero attached hydrogens (tertiary/aromatic N) is 1. The Kier molecular flexibility index (Phi) is 4.19. The molecular weight excluding hydrogens is 268 g/mol. The van der Waals surface area contributed by atoms with E-state index in [1.54, 1.807) is 6.92 Å². The van der Waals surface area contributed by atoms with Crippen LogP contribution in [0.4, 0.5) is 11.4 Å². The first-order valence-electron chi connectivity index (χ1n) is 6.11. The number of benzene rings is 1. The van der Waals surface area contributed by atoms with Crippen LogP contribution in [0.3, 0.4) is 0 Å². The van der Waals surface area contributed by atoms with Gasteiger partial charge in [0, 0.05) is 17.8 Å². The maximum atomic E-state index is 10.5. The smallest absolute Gasteiger partial charge is 0.269 e. The number of ether oxygens (including phenoxy) is 1. The molecule has 0 aromatic heterocycles. The Labute approximate surface area is 114 Å². The molecule has 1 aliphatic heterocycles. The van der Waals surface area contributed by atoms with E-state index in [0.717, 1.165) is 0 Å². The first-order valence-corrected chi connectivity index (χ1v) is 6.11. The molecule has 4 N–H and O–H groups in total. The summed E-state index contributed by atoms with van der Waals surface area (Å²) in [6.45, 7) is 1.57. The van der Waals surface area contributed by atoms with Crippen LogP contribution in [0.15, 0.2) is 24.3 Å². The molecule has 0 amide bonds. The van der Waals surface area contributed by atoms with Crippen LogP contribution in [-0.2, 0) is 4.74 Å². The number of hydrogen-bond acceptors (Lipinski definition) is 7. The molecule has 0 radical (unpaired) electrons. The Balaban J connectivity index is 2.07. The van der Waals surface area contributed by atoms with Crippen molar-refractivity contribution in [2.45, 2.75) is 37.6 Å². The van der Waals surface area contributed by atoms with E-state index in [4.69, 9.17) is 4.74 Å². The second-order valence-electron chi connectivity index (χ2n) is 4.68. The minimum Gasteiger partial charge on any atom is -0.388 e. The lowest BCUT2D eigenvalue weighted by Crippen LogP contribution is -2.58. The van der Waals surface area contributed by atoms with Crippen molar-refractivity contribution < 1.29 is 25.0 Å². The van der Waals surface area contributed by atoms with E-state index < -0.39 is 35.6 Å². The number of rotatable bonds is 3. The molecule has 0 spiro atoms. The Hall–Kier alpha value is -1.74. The first kappa shape index (κ1) is 14.7. The normalized spacial score (nSPS) is 33.7. The van der Waals surface area contributed by atoms with Gasteiger partial charge in [0.2, 0.25) is 0 Å². The van der Waals surface area contributed by atoms with Gasteiger partial charge in [0.1, 0.15) is 18.3 Å². The summed E-state index contributed by atoms with van der Waals surface area (Å²) < 4.78 is 5.36. The number of aliphatic hydroxyl groups is 3. The van der Waals surface area contributed by atoms with Crippen LogP contribution in [0.25, 0.3) is 0 Å². The van der Waals surface area contributed by atoms with Gasteiger partial charge in [-0.3, -0.25) is 10.1 Å². The van der Waals surface area contributed by atoms with Gasteiger partial charge in [-0.1, -0.05) is 0 Å². The highest BCUT2D eigenvalue weighted by atomic mass is 16.6. The molecule has 1 saturated heterocycles. The molecule has 5 unspecified atom stereocenters. The van der Waals surface area contributed by atoms with E-state index in [2.05, 4.69) is 5.32 Å². The van der Waals surface area contributed by atoms with Crippen LogP contribution >= 0.6 is 0 Å². The standard InChI is InChI=1S/C12H16N2O6/c1-6-9(15)10(16)11(17)12(20-6)13-7-2-4-8(5-3-7)14(18)19/h2-6,9-13,15-17H,1H3. The predicted molar refractivity (Wildman–Crippen MR) is 69.1 cm³/mol. The summed E-state index contributed by atoms with van der Waals surface area (Å²) in [5, 5.41) is 42.4. The third-order valence-corrected chi connectivity index (χ3v) is 3.24. The molecule has 0 bridgehead atoms. The third kappa shape index (κ3) is 2.88. The minimum absolute atomic E-state index is 0.0514. The average molecular weight is 284 g/mol. The van der Waals surface area contributed by atoms with E-state index in [9.17, 15) is 25.4 Å². The second-order valence-corrected chi connectivity index (χ2v) is 4.68. The second kappa shape index (κ2) is 5.71. The maximum absolute atomic E-state index is 10.5. The van der Waals surface area contributed by atoms with Crippen molar-refractivity contribution in [1.82, 2.24) is 0 Å². The fourth-order valence-electron chi connectivity index (χ4n) is 2.01. The highest BCUT2D eigenvalue weighted by Crippen LogP contribution is 2.23. The summed E-state index contributed by atoms with van der Waals surface area (Å²) in [4.78, 5) is 10.0. The number of non-ortho nitro benzene ring substituents is 1. The molecule has 1 aromatic rings. The predicted octanol–water partition coefficient (Wildman–Crippen LogP) is -0.166. The molecule has 5 atom stereocenters. The first-order chi connectivity index (χ1) is 9.40. The van der Waals surface area contributed by atoms with Gasteiger partial charge in [0.15, 0.2) is 6.23 Å². The van der Waals surface area contributed by atoms with E-state index in [1.807, 2.05) is 0 Å². The van der Waals surface area contributed by atoms with Crippen molar-refractivity contribution in [3.05, 3.63) is 34.4 Å². The van der Waals surface area contributed by atoms with Crippen molar-refractivity contribution in [3.63, 3.8) is 0 Å². The molecule has 1 aliphatic rings. The molecule has 2 rings (SSSR count). The molecule has 1 heterocycles. The van der Waals surface area contributed by atoms with Crippen LogP contribution in [0, 0.1) is 10.1 Å². The fourth-order valence-corrected chi connectivity index (χ4v) is 2.01. The zero-order chi connectivity index (χ0) is 14.9. The lowest BCUT2D eigenvalue weighted by atomic mass is 9.99. The summed E-state index contributed by atoms with van der Waals surface area (Å²) >= 11 is 0. The van der Waals surface area contributed by atoms with Crippen LogP contribution in [0.2, 0.25) is 0 Å². The van der Waals surface area contributed by atoms with E-state index >= 15 is 0 Å². The summed E-state index contributed by atoms with van der Waals surface area (Å²) in [5.41, 5.74) is 0.444. The number of nitro benzene ring substituents is 1. The van der Waals surface area contributed by atoms with Gasteiger partial charge in [0.05, 0.1) is 11.0 Å². The molecule has 0 saturated carbocycles. The Morgan fingerprint density at radius 1 is 1.15 bits per heavy atom. The van der Waals surface area contributed by atoms with E-state index in [0.29, 0.717) is 5.69 Å². The van der Waals surface area contributed by atoms with Gasteiger partial charge in [-0.15, -0.1) is 0 Å². The molecule has 1 fully saturated rings. The molecule has 0 aliphatic carbocycles.